The van der Waals surface area contributed by atoms with E-state index in [0.717, 1.165) is 0 Å². The van der Waals surface area contributed by atoms with Crippen LogP contribution < -0.4 is 5.32 Å². The third-order valence-electron chi connectivity index (χ3n) is 2.64. The van der Waals surface area contributed by atoms with E-state index in [1.165, 1.54) is 24.1 Å². The monoisotopic (exact) mass is 303 g/mol. The van der Waals surface area contributed by atoms with Crippen LogP contribution in [0.4, 0.5) is 4.39 Å². The summed E-state index contributed by atoms with van der Waals surface area (Å²) in [6.07, 6.45) is 1.61. The van der Waals surface area contributed by atoms with Gasteiger partial charge in [-0.1, -0.05) is 18.2 Å². The third-order valence-corrected chi connectivity index (χ3v) is 2.64. The number of carbonyl (C=O) groups is 2. The zero-order valence-electron chi connectivity index (χ0n) is 12.7. The van der Waals surface area contributed by atoms with Crippen molar-refractivity contribution < 1.29 is 14.0 Å². The predicted octanol–water partition coefficient (Wildman–Crippen LogP) is 1.97. The van der Waals surface area contributed by atoms with E-state index in [1.54, 1.807) is 50.6 Å². The molecule has 0 bridgehead atoms. The lowest BCUT2D eigenvalue weighted by Crippen LogP contribution is -2.22. The van der Waals surface area contributed by atoms with Gasteiger partial charge in [0.1, 0.15) is 11.5 Å². The van der Waals surface area contributed by atoms with E-state index in [0.29, 0.717) is 5.69 Å². The zero-order chi connectivity index (χ0) is 16.5. The molecule has 0 aliphatic rings. The molecule has 0 unspecified atom stereocenters. The number of carbonyl (C=O) groups excluding carboxylic acids is 2. The Morgan fingerprint density at radius 3 is 2.23 bits per heavy atom. The molecule has 6 heteroatoms. The fourth-order valence-corrected chi connectivity index (χ4v) is 1.50. The molecule has 0 saturated carbocycles. The number of halogens is 1. The van der Waals surface area contributed by atoms with Gasteiger partial charge in [0.05, 0.1) is 5.56 Å². The summed E-state index contributed by atoms with van der Waals surface area (Å²) in [4.78, 5) is 27.5. The lowest BCUT2D eigenvalue weighted by molar-refractivity contribution is 0.0821. The average Bonchev–Trinajstić information content (AvgIpc) is 2.55. The summed E-state index contributed by atoms with van der Waals surface area (Å²) in [6, 6.07) is 11.1. The van der Waals surface area contributed by atoms with E-state index in [9.17, 15) is 14.0 Å². The van der Waals surface area contributed by atoms with Crippen LogP contribution in [0.1, 0.15) is 20.8 Å². The van der Waals surface area contributed by atoms with Crippen LogP contribution in [0, 0.1) is 5.82 Å². The second kappa shape index (κ2) is 8.51. The van der Waals surface area contributed by atoms with Crippen LogP contribution in [-0.4, -0.2) is 42.8 Å². The van der Waals surface area contributed by atoms with Crippen molar-refractivity contribution in [3.63, 3.8) is 0 Å². The lowest BCUT2D eigenvalue weighted by atomic mass is 10.2. The molecule has 1 aromatic carbocycles. The standard InChI is InChI=1S/C8H8FNO.C8H10N2O/c1-10-8(11)6-4-2-3-5-7(6)9;1-10(2)8(11)7-5-3-4-6-9-7/h2-5H,1H3,(H,10,11);3-6H,1-2H3. The Labute approximate surface area is 128 Å². The first-order valence-electron chi connectivity index (χ1n) is 6.56. The molecule has 5 nitrogen and oxygen atoms in total. The van der Waals surface area contributed by atoms with Crippen molar-refractivity contribution in [3.05, 3.63) is 65.7 Å². The van der Waals surface area contributed by atoms with Gasteiger partial charge in [0.2, 0.25) is 0 Å². The number of amides is 2. The normalized spacial score (nSPS) is 9.27. The van der Waals surface area contributed by atoms with Crippen molar-refractivity contribution in [1.29, 1.82) is 0 Å². The number of rotatable bonds is 2. The summed E-state index contributed by atoms with van der Waals surface area (Å²) in [6.45, 7) is 0. The smallest absolute Gasteiger partial charge is 0.271 e. The predicted molar refractivity (Wildman–Crippen MR) is 82.0 cm³/mol. The average molecular weight is 303 g/mol. The van der Waals surface area contributed by atoms with Crippen molar-refractivity contribution in [3.8, 4) is 0 Å². The highest BCUT2D eigenvalue weighted by atomic mass is 19.1. The summed E-state index contributed by atoms with van der Waals surface area (Å²) < 4.78 is 12.8. The number of pyridine rings is 1. The molecule has 2 aromatic rings. The number of aromatic nitrogens is 1. The summed E-state index contributed by atoms with van der Waals surface area (Å²) in [5.74, 6) is -0.958. The minimum atomic E-state index is -0.494. The van der Waals surface area contributed by atoms with Gasteiger partial charge in [-0.3, -0.25) is 14.6 Å². The Kier molecular flexibility index (Phi) is 6.69. The number of nitrogens with zero attached hydrogens (tertiary/aromatic N) is 2. The maximum atomic E-state index is 12.8. The van der Waals surface area contributed by atoms with Crippen LogP contribution in [-0.2, 0) is 0 Å². The number of hydrogen-bond donors (Lipinski definition) is 1. The maximum Gasteiger partial charge on any atom is 0.271 e. The molecule has 0 spiro atoms. The van der Waals surface area contributed by atoms with Gasteiger partial charge >= 0.3 is 0 Å². The molecule has 0 fully saturated rings. The molecule has 22 heavy (non-hydrogen) atoms. The van der Waals surface area contributed by atoms with Gasteiger partial charge in [0.25, 0.3) is 11.8 Å². The first-order valence-corrected chi connectivity index (χ1v) is 6.56. The van der Waals surface area contributed by atoms with Crippen molar-refractivity contribution >= 4 is 11.8 Å². The molecule has 1 aromatic heterocycles. The van der Waals surface area contributed by atoms with Crippen molar-refractivity contribution in [2.45, 2.75) is 0 Å². The van der Waals surface area contributed by atoms with Gasteiger partial charge in [-0.25, -0.2) is 4.39 Å². The first kappa shape index (κ1) is 17.3. The maximum absolute atomic E-state index is 12.8. The molecule has 0 aliphatic heterocycles. The second-order valence-electron chi connectivity index (χ2n) is 4.47. The fourth-order valence-electron chi connectivity index (χ4n) is 1.50. The topological polar surface area (TPSA) is 62.3 Å². The Morgan fingerprint density at radius 2 is 1.73 bits per heavy atom. The van der Waals surface area contributed by atoms with E-state index in [4.69, 9.17) is 0 Å². The summed E-state index contributed by atoms with van der Waals surface area (Å²) >= 11 is 0. The summed E-state index contributed by atoms with van der Waals surface area (Å²) in [5.41, 5.74) is 0.563. The fraction of sp³-hybridized carbons (Fsp3) is 0.188. The zero-order valence-corrected chi connectivity index (χ0v) is 12.7. The molecule has 0 saturated heterocycles. The van der Waals surface area contributed by atoms with E-state index in [1.807, 2.05) is 0 Å². The minimum absolute atomic E-state index is 0.0643. The van der Waals surface area contributed by atoms with Crippen molar-refractivity contribution in [1.82, 2.24) is 15.2 Å². The van der Waals surface area contributed by atoms with Gasteiger partial charge < -0.3 is 10.2 Å². The Balaban J connectivity index is 0.000000220. The van der Waals surface area contributed by atoms with Gasteiger partial charge in [-0.05, 0) is 24.3 Å². The molecule has 1 heterocycles. The molecule has 1 N–H and O–H groups in total. The Hall–Kier alpha value is -2.76. The van der Waals surface area contributed by atoms with Crippen LogP contribution >= 0.6 is 0 Å². The number of hydrogen-bond acceptors (Lipinski definition) is 3. The van der Waals surface area contributed by atoms with Gasteiger partial charge in [0.15, 0.2) is 0 Å². The molecule has 2 rings (SSSR count). The third kappa shape index (κ3) is 4.97. The summed E-state index contributed by atoms with van der Waals surface area (Å²) in [7, 11) is 4.88. The lowest BCUT2D eigenvalue weighted by Gasteiger charge is -2.07. The summed E-state index contributed by atoms with van der Waals surface area (Å²) in [5, 5.41) is 2.34. The SMILES string of the molecule is CN(C)C(=O)c1ccccn1.CNC(=O)c1ccccc1F. The van der Waals surface area contributed by atoms with E-state index in [-0.39, 0.29) is 11.5 Å². The van der Waals surface area contributed by atoms with Crippen molar-refractivity contribution in [2.75, 3.05) is 21.1 Å². The molecule has 0 atom stereocenters. The van der Waals surface area contributed by atoms with E-state index < -0.39 is 11.7 Å². The van der Waals surface area contributed by atoms with Crippen LogP contribution in [0.15, 0.2) is 48.7 Å². The molecule has 116 valence electrons. The highest BCUT2D eigenvalue weighted by molar-refractivity contribution is 5.94. The molecular weight excluding hydrogens is 285 g/mol. The number of nitrogens with one attached hydrogen (secondary N) is 1. The van der Waals surface area contributed by atoms with Gasteiger partial charge in [0, 0.05) is 27.3 Å². The van der Waals surface area contributed by atoms with Gasteiger partial charge in [-0.2, -0.15) is 0 Å². The van der Waals surface area contributed by atoms with E-state index >= 15 is 0 Å². The minimum Gasteiger partial charge on any atom is -0.355 e. The van der Waals surface area contributed by atoms with Gasteiger partial charge in [-0.15, -0.1) is 0 Å². The Morgan fingerprint density at radius 1 is 1.09 bits per heavy atom. The second-order valence-corrected chi connectivity index (χ2v) is 4.47. The van der Waals surface area contributed by atoms with Crippen molar-refractivity contribution in [2.24, 2.45) is 0 Å². The number of benzene rings is 1. The van der Waals surface area contributed by atoms with Crippen LogP contribution in [0.2, 0.25) is 0 Å². The highest BCUT2D eigenvalue weighted by Gasteiger charge is 2.07. The van der Waals surface area contributed by atoms with Crippen LogP contribution in [0.25, 0.3) is 0 Å². The van der Waals surface area contributed by atoms with E-state index in [2.05, 4.69) is 10.3 Å². The van der Waals surface area contributed by atoms with Crippen LogP contribution in [0.5, 0.6) is 0 Å². The molecule has 0 aliphatic carbocycles. The van der Waals surface area contributed by atoms with Crippen LogP contribution in [0.3, 0.4) is 0 Å². The molecule has 2 amide bonds. The quantitative estimate of drug-likeness (QED) is 0.922. The molecular formula is C16H18FN3O2. The molecule has 0 radical (unpaired) electrons. The largest absolute Gasteiger partial charge is 0.355 e. The Bertz CT molecular complexity index is 630. The first-order chi connectivity index (χ1) is 10.5. The highest BCUT2D eigenvalue weighted by Crippen LogP contribution is 2.04.